The summed E-state index contributed by atoms with van der Waals surface area (Å²) >= 11 is 1.62. The Bertz CT molecular complexity index is 976. The molecule has 3 aromatic rings. The highest BCUT2D eigenvalue weighted by Crippen LogP contribution is 2.33. The molecule has 158 valence electrons. The lowest BCUT2D eigenvalue weighted by atomic mass is 10.1. The lowest BCUT2D eigenvalue weighted by Crippen LogP contribution is -2.24. The monoisotopic (exact) mass is 425 g/mol. The van der Waals surface area contributed by atoms with Crippen LogP contribution in [0.3, 0.4) is 0 Å². The van der Waals surface area contributed by atoms with Gasteiger partial charge in [-0.05, 0) is 33.2 Å². The number of nitrogens with zero attached hydrogens (tertiary/aromatic N) is 6. The van der Waals surface area contributed by atoms with Crippen LogP contribution >= 0.6 is 11.3 Å². The molecule has 1 atom stereocenters. The zero-order valence-corrected chi connectivity index (χ0v) is 18.4. The quantitative estimate of drug-likeness (QED) is 0.585. The largest absolute Gasteiger partial charge is 0.384 e. The van der Waals surface area contributed by atoms with Crippen molar-refractivity contribution in [3.8, 4) is 0 Å². The second-order valence-electron chi connectivity index (χ2n) is 7.51. The number of rotatable bonds is 8. The Labute approximate surface area is 180 Å². The van der Waals surface area contributed by atoms with E-state index in [2.05, 4.69) is 36.2 Å². The molecular weight excluding hydrogens is 398 g/mol. The number of thiazole rings is 1. The van der Waals surface area contributed by atoms with Gasteiger partial charge in [-0.15, -0.1) is 11.3 Å². The number of methoxy groups -OCH3 is 1. The first kappa shape index (κ1) is 20.8. The Morgan fingerprint density at radius 3 is 2.73 bits per heavy atom. The molecular formula is C21H27N7OS. The number of likely N-dealkylation sites (tertiary alicyclic amines) is 1. The zero-order chi connectivity index (χ0) is 20.9. The van der Waals surface area contributed by atoms with Gasteiger partial charge in [0.05, 0.1) is 18.3 Å². The summed E-state index contributed by atoms with van der Waals surface area (Å²) in [7, 11) is 1.69. The minimum atomic E-state index is 0.262. The van der Waals surface area contributed by atoms with Crippen LogP contribution < -0.4 is 5.32 Å². The van der Waals surface area contributed by atoms with Crippen LogP contribution in [0, 0.1) is 13.8 Å². The van der Waals surface area contributed by atoms with Crippen molar-refractivity contribution in [2.24, 2.45) is 0 Å². The number of anilines is 2. The molecule has 30 heavy (non-hydrogen) atoms. The van der Waals surface area contributed by atoms with Crippen molar-refractivity contribution in [2.75, 3.05) is 25.6 Å². The first-order valence-corrected chi connectivity index (χ1v) is 11.0. The fourth-order valence-electron chi connectivity index (χ4n) is 3.72. The highest BCUT2D eigenvalue weighted by atomic mass is 32.1. The molecule has 1 saturated heterocycles. The molecule has 0 bridgehead atoms. The highest BCUT2D eigenvalue weighted by molar-refractivity contribution is 7.15. The molecule has 0 saturated carbocycles. The van der Waals surface area contributed by atoms with Crippen molar-refractivity contribution < 1.29 is 4.74 Å². The van der Waals surface area contributed by atoms with Gasteiger partial charge in [-0.2, -0.15) is 0 Å². The SMILES string of the molecule is COCCc1ncc(CN2CCC[C@@H]2c2cc(Nc3ncc(C)s3)nc(C)n2)cn1. The maximum Gasteiger partial charge on any atom is 0.188 e. The summed E-state index contributed by atoms with van der Waals surface area (Å²) in [5.41, 5.74) is 2.17. The summed E-state index contributed by atoms with van der Waals surface area (Å²) < 4.78 is 5.10. The summed E-state index contributed by atoms with van der Waals surface area (Å²) in [5.74, 6) is 2.38. The molecule has 4 rings (SSSR count). The van der Waals surface area contributed by atoms with E-state index in [1.807, 2.05) is 32.4 Å². The van der Waals surface area contributed by atoms with Gasteiger partial charge in [-0.25, -0.2) is 24.9 Å². The van der Waals surface area contributed by atoms with Crippen molar-refractivity contribution >= 4 is 22.3 Å². The molecule has 1 aliphatic heterocycles. The molecule has 0 amide bonds. The lowest BCUT2D eigenvalue weighted by Gasteiger charge is -2.24. The topological polar surface area (TPSA) is 89.0 Å². The van der Waals surface area contributed by atoms with Crippen LogP contribution in [0.5, 0.6) is 0 Å². The normalized spacial score (nSPS) is 16.8. The first-order chi connectivity index (χ1) is 14.6. The van der Waals surface area contributed by atoms with E-state index in [4.69, 9.17) is 9.72 Å². The number of ether oxygens (including phenoxy) is 1. The molecule has 0 aliphatic carbocycles. The van der Waals surface area contributed by atoms with Crippen molar-refractivity contribution in [1.82, 2.24) is 29.8 Å². The van der Waals surface area contributed by atoms with Gasteiger partial charge in [-0.1, -0.05) is 0 Å². The average Bonchev–Trinajstić information content (AvgIpc) is 3.36. The molecule has 1 N–H and O–H groups in total. The molecule has 0 aromatic carbocycles. The summed E-state index contributed by atoms with van der Waals surface area (Å²) in [5, 5.41) is 4.18. The molecule has 3 aromatic heterocycles. The third-order valence-corrected chi connectivity index (χ3v) is 5.92. The average molecular weight is 426 g/mol. The van der Waals surface area contributed by atoms with E-state index in [-0.39, 0.29) is 6.04 Å². The maximum absolute atomic E-state index is 5.10. The van der Waals surface area contributed by atoms with Crippen molar-refractivity contribution in [1.29, 1.82) is 0 Å². The molecule has 0 unspecified atom stereocenters. The number of aromatic nitrogens is 5. The van der Waals surface area contributed by atoms with Crippen molar-refractivity contribution in [2.45, 2.75) is 45.7 Å². The minimum Gasteiger partial charge on any atom is -0.384 e. The minimum absolute atomic E-state index is 0.262. The van der Waals surface area contributed by atoms with Crippen LogP contribution in [-0.4, -0.2) is 50.1 Å². The van der Waals surface area contributed by atoms with Gasteiger partial charge < -0.3 is 10.1 Å². The number of hydrogen-bond acceptors (Lipinski definition) is 9. The molecule has 4 heterocycles. The molecule has 0 spiro atoms. The molecule has 0 radical (unpaired) electrons. The standard InChI is InChI=1S/C21H27N7OS/c1-14-10-24-21(30-14)27-20-9-17(25-15(2)26-20)18-5-4-7-28(18)13-16-11-22-19(23-12-16)6-8-29-3/h9-12,18H,4-8,13H2,1-3H3,(H,24,25,26,27)/t18-/m1/s1. The first-order valence-electron chi connectivity index (χ1n) is 10.2. The Morgan fingerprint density at radius 2 is 2.00 bits per heavy atom. The van der Waals surface area contributed by atoms with Gasteiger partial charge in [0.25, 0.3) is 0 Å². The Morgan fingerprint density at radius 1 is 1.17 bits per heavy atom. The van der Waals surface area contributed by atoms with Gasteiger partial charge in [-0.3, -0.25) is 4.90 Å². The summed E-state index contributed by atoms with van der Waals surface area (Å²) in [4.78, 5) is 26.2. The van der Waals surface area contributed by atoms with Gasteiger partial charge in [0.2, 0.25) is 0 Å². The Hall–Kier alpha value is -2.49. The van der Waals surface area contributed by atoms with Crippen LogP contribution in [0.25, 0.3) is 0 Å². The summed E-state index contributed by atoms with van der Waals surface area (Å²) in [6.45, 7) is 6.47. The summed E-state index contributed by atoms with van der Waals surface area (Å²) in [6.07, 6.45) is 8.68. The van der Waals surface area contributed by atoms with Crippen LogP contribution in [0.15, 0.2) is 24.7 Å². The van der Waals surface area contributed by atoms with Crippen molar-refractivity contribution in [3.05, 3.63) is 52.4 Å². The van der Waals surface area contributed by atoms with E-state index in [9.17, 15) is 0 Å². The second kappa shape index (κ2) is 9.55. The van der Waals surface area contributed by atoms with Crippen LogP contribution in [0.1, 0.15) is 46.7 Å². The van der Waals surface area contributed by atoms with Crippen LogP contribution in [0.4, 0.5) is 10.9 Å². The lowest BCUT2D eigenvalue weighted by molar-refractivity contribution is 0.200. The summed E-state index contributed by atoms with van der Waals surface area (Å²) in [6, 6.07) is 2.32. The van der Waals surface area contributed by atoms with E-state index in [1.165, 1.54) is 4.88 Å². The van der Waals surface area contributed by atoms with Gasteiger partial charge in [0.15, 0.2) is 5.13 Å². The van der Waals surface area contributed by atoms with E-state index >= 15 is 0 Å². The molecule has 9 heteroatoms. The molecule has 8 nitrogen and oxygen atoms in total. The number of nitrogens with one attached hydrogen (secondary N) is 1. The Kier molecular flexibility index (Phi) is 6.61. The van der Waals surface area contributed by atoms with E-state index in [1.54, 1.807) is 18.4 Å². The van der Waals surface area contributed by atoms with Gasteiger partial charge in [0.1, 0.15) is 17.5 Å². The van der Waals surface area contributed by atoms with E-state index < -0.39 is 0 Å². The zero-order valence-electron chi connectivity index (χ0n) is 17.6. The van der Waals surface area contributed by atoms with Gasteiger partial charge in [0, 0.05) is 55.2 Å². The third kappa shape index (κ3) is 5.16. The second-order valence-corrected chi connectivity index (χ2v) is 8.74. The highest BCUT2D eigenvalue weighted by Gasteiger charge is 2.28. The number of aryl methyl sites for hydroxylation is 2. The predicted octanol–water partition coefficient (Wildman–Crippen LogP) is 3.61. The maximum atomic E-state index is 5.10. The predicted molar refractivity (Wildman–Crippen MR) is 117 cm³/mol. The smallest absolute Gasteiger partial charge is 0.188 e. The number of hydrogen-bond donors (Lipinski definition) is 1. The van der Waals surface area contributed by atoms with Crippen molar-refractivity contribution in [3.63, 3.8) is 0 Å². The third-order valence-electron chi connectivity index (χ3n) is 5.09. The van der Waals surface area contributed by atoms with Crippen LogP contribution in [0.2, 0.25) is 0 Å². The molecule has 1 aliphatic rings. The Balaban J connectivity index is 1.47. The van der Waals surface area contributed by atoms with Gasteiger partial charge >= 0.3 is 0 Å². The van der Waals surface area contributed by atoms with Crippen LogP contribution in [-0.2, 0) is 17.7 Å². The molecule has 1 fully saturated rings. The van der Waals surface area contributed by atoms with E-state index in [0.29, 0.717) is 6.61 Å². The fraction of sp³-hybridized carbons (Fsp3) is 0.476. The van der Waals surface area contributed by atoms with E-state index in [0.717, 1.165) is 66.2 Å². The fourth-order valence-corrected chi connectivity index (χ4v) is 4.39.